The fourth-order valence-electron chi connectivity index (χ4n) is 2.94. The molecule has 1 aromatic heterocycles. The van der Waals surface area contributed by atoms with Gasteiger partial charge >= 0.3 is 0 Å². The van der Waals surface area contributed by atoms with Crippen LogP contribution in [0.25, 0.3) is 10.8 Å². The summed E-state index contributed by atoms with van der Waals surface area (Å²) < 4.78 is 0. The molecule has 1 aromatic carbocycles. The Hall–Kier alpha value is -1.61. The Morgan fingerprint density at radius 3 is 2.75 bits per heavy atom. The first-order valence-electron chi connectivity index (χ1n) is 6.96. The summed E-state index contributed by atoms with van der Waals surface area (Å²) in [6, 6.07) is 9.72. The van der Waals surface area contributed by atoms with E-state index in [1.165, 1.54) is 0 Å². The molecule has 3 rings (SSSR count). The Bertz CT molecular complexity index is 630. The number of carbonyl (C=O) groups is 1. The second-order valence-electron chi connectivity index (χ2n) is 5.46. The van der Waals surface area contributed by atoms with Gasteiger partial charge in [-0.15, -0.1) is 11.6 Å². The molecule has 1 fully saturated rings. The highest BCUT2D eigenvalue weighted by Gasteiger charge is 2.35. The maximum Gasteiger partial charge on any atom is 0.270 e. The van der Waals surface area contributed by atoms with Crippen molar-refractivity contribution in [2.24, 2.45) is 0 Å². The average molecular weight is 289 g/mol. The molecule has 1 N–H and O–H groups in total. The van der Waals surface area contributed by atoms with Gasteiger partial charge < -0.3 is 5.32 Å². The summed E-state index contributed by atoms with van der Waals surface area (Å²) in [7, 11) is 0. The molecule has 2 aromatic rings. The van der Waals surface area contributed by atoms with Gasteiger partial charge in [0.2, 0.25) is 0 Å². The minimum absolute atomic E-state index is 0.121. The molecule has 0 bridgehead atoms. The van der Waals surface area contributed by atoms with E-state index >= 15 is 0 Å². The van der Waals surface area contributed by atoms with Crippen LogP contribution in [0.1, 0.15) is 36.2 Å². The fraction of sp³-hybridized carbons (Fsp3) is 0.375. The normalized spacial score (nSPS) is 17.2. The van der Waals surface area contributed by atoms with Gasteiger partial charge in [-0.3, -0.25) is 9.78 Å². The SMILES string of the molecule is O=C(NC1(CCl)CCCC1)c1nccc2ccccc12. The van der Waals surface area contributed by atoms with E-state index in [1.54, 1.807) is 6.20 Å². The highest BCUT2D eigenvalue weighted by Crippen LogP contribution is 2.31. The molecule has 20 heavy (non-hydrogen) atoms. The van der Waals surface area contributed by atoms with Crippen molar-refractivity contribution < 1.29 is 4.79 Å². The third kappa shape index (κ3) is 2.38. The molecule has 0 atom stereocenters. The lowest BCUT2D eigenvalue weighted by Gasteiger charge is -2.27. The molecule has 1 aliphatic carbocycles. The number of pyridine rings is 1. The predicted molar refractivity (Wildman–Crippen MR) is 81.1 cm³/mol. The van der Waals surface area contributed by atoms with E-state index < -0.39 is 0 Å². The van der Waals surface area contributed by atoms with Gasteiger partial charge in [-0.05, 0) is 24.3 Å². The summed E-state index contributed by atoms with van der Waals surface area (Å²) in [6.07, 6.45) is 5.82. The lowest BCUT2D eigenvalue weighted by Crippen LogP contribution is -2.48. The zero-order valence-corrected chi connectivity index (χ0v) is 12.0. The van der Waals surface area contributed by atoms with Crippen LogP contribution >= 0.6 is 11.6 Å². The summed E-state index contributed by atoms with van der Waals surface area (Å²) in [4.78, 5) is 16.8. The minimum atomic E-state index is -0.253. The minimum Gasteiger partial charge on any atom is -0.344 e. The smallest absolute Gasteiger partial charge is 0.270 e. The van der Waals surface area contributed by atoms with Crippen molar-refractivity contribution in [1.82, 2.24) is 10.3 Å². The predicted octanol–water partition coefficient (Wildman–Crippen LogP) is 3.52. The van der Waals surface area contributed by atoms with Gasteiger partial charge in [0.25, 0.3) is 5.91 Å². The number of rotatable bonds is 3. The summed E-state index contributed by atoms with van der Waals surface area (Å²) in [5.41, 5.74) is 0.233. The van der Waals surface area contributed by atoms with Crippen molar-refractivity contribution in [2.45, 2.75) is 31.2 Å². The van der Waals surface area contributed by atoms with Crippen molar-refractivity contribution in [2.75, 3.05) is 5.88 Å². The van der Waals surface area contributed by atoms with Crippen LogP contribution < -0.4 is 5.32 Å². The molecule has 0 spiro atoms. The lowest BCUT2D eigenvalue weighted by atomic mass is 9.99. The van der Waals surface area contributed by atoms with Gasteiger partial charge in [0, 0.05) is 17.5 Å². The molecule has 0 saturated heterocycles. The molecule has 0 aliphatic heterocycles. The van der Waals surface area contributed by atoms with Crippen LogP contribution in [0.3, 0.4) is 0 Å². The van der Waals surface area contributed by atoms with Gasteiger partial charge in [0.1, 0.15) is 5.69 Å². The third-order valence-corrected chi connectivity index (χ3v) is 4.60. The van der Waals surface area contributed by atoms with E-state index in [-0.39, 0.29) is 11.4 Å². The zero-order chi connectivity index (χ0) is 14.0. The van der Waals surface area contributed by atoms with Crippen LogP contribution in [0.5, 0.6) is 0 Å². The number of fused-ring (bicyclic) bond motifs is 1. The first kappa shape index (κ1) is 13.4. The highest BCUT2D eigenvalue weighted by atomic mass is 35.5. The van der Waals surface area contributed by atoms with E-state index in [0.29, 0.717) is 11.6 Å². The fourth-order valence-corrected chi connectivity index (χ4v) is 3.28. The van der Waals surface area contributed by atoms with Gasteiger partial charge in [-0.25, -0.2) is 0 Å². The Balaban J connectivity index is 1.93. The largest absolute Gasteiger partial charge is 0.344 e. The number of halogens is 1. The lowest BCUT2D eigenvalue weighted by molar-refractivity contribution is 0.0906. The molecule has 1 saturated carbocycles. The van der Waals surface area contributed by atoms with Crippen LogP contribution in [-0.2, 0) is 0 Å². The summed E-state index contributed by atoms with van der Waals surface area (Å²) in [6.45, 7) is 0. The number of benzene rings is 1. The maximum atomic E-state index is 12.5. The number of aromatic nitrogens is 1. The van der Waals surface area contributed by atoms with Crippen molar-refractivity contribution in [1.29, 1.82) is 0 Å². The van der Waals surface area contributed by atoms with E-state index in [0.717, 1.165) is 36.5 Å². The van der Waals surface area contributed by atoms with Crippen molar-refractivity contribution in [3.05, 3.63) is 42.2 Å². The highest BCUT2D eigenvalue weighted by molar-refractivity contribution is 6.19. The van der Waals surface area contributed by atoms with Crippen LogP contribution in [0, 0.1) is 0 Å². The van der Waals surface area contributed by atoms with Crippen molar-refractivity contribution in [3.8, 4) is 0 Å². The number of nitrogens with one attached hydrogen (secondary N) is 1. The molecule has 104 valence electrons. The van der Waals surface area contributed by atoms with Gasteiger partial charge in [-0.2, -0.15) is 0 Å². The monoisotopic (exact) mass is 288 g/mol. The topological polar surface area (TPSA) is 42.0 Å². The molecule has 4 heteroatoms. The quantitative estimate of drug-likeness (QED) is 0.878. The van der Waals surface area contributed by atoms with E-state index in [9.17, 15) is 4.79 Å². The Morgan fingerprint density at radius 2 is 2.00 bits per heavy atom. The van der Waals surface area contributed by atoms with E-state index in [2.05, 4.69) is 10.3 Å². The van der Waals surface area contributed by atoms with Crippen molar-refractivity contribution >= 4 is 28.3 Å². The van der Waals surface area contributed by atoms with Gasteiger partial charge in [0.05, 0.1) is 5.54 Å². The van der Waals surface area contributed by atoms with Gasteiger partial charge in [0.15, 0.2) is 0 Å². The molecule has 3 nitrogen and oxygen atoms in total. The standard InChI is InChI=1S/C16H17ClN2O/c17-11-16(8-3-4-9-16)19-15(20)14-13-6-2-1-5-12(13)7-10-18-14/h1-2,5-7,10H,3-4,8-9,11H2,(H,19,20). The van der Waals surface area contributed by atoms with E-state index in [1.807, 2.05) is 30.3 Å². The molecule has 0 unspecified atom stereocenters. The van der Waals surface area contributed by atoms with E-state index in [4.69, 9.17) is 11.6 Å². The number of carbonyl (C=O) groups excluding carboxylic acids is 1. The molecular formula is C16H17ClN2O. The summed E-state index contributed by atoms with van der Waals surface area (Å²) in [5, 5.41) is 5.03. The average Bonchev–Trinajstić information content (AvgIpc) is 2.95. The van der Waals surface area contributed by atoms with Crippen molar-refractivity contribution in [3.63, 3.8) is 0 Å². The molecule has 1 aliphatic rings. The Kier molecular flexibility index (Phi) is 3.62. The molecular weight excluding hydrogens is 272 g/mol. The summed E-state index contributed by atoms with van der Waals surface area (Å²) >= 11 is 6.08. The molecule has 1 amide bonds. The Labute approximate surface area is 123 Å². The number of hydrogen-bond acceptors (Lipinski definition) is 2. The second-order valence-corrected chi connectivity index (χ2v) is 5.72. The number of amides is 1. The number of nitrogens with zero attached hydrogens (tertiary/aromatic N) is 1. The maximum absolute atomic E-state index is 12.5. The first-order chi connectivity index (χ1) is 9.74. The van der Waals surface area contributed by atoms with Gasteiger partial charge in [-0.1, -0.05) is 37.1 Å². The second kappa shape index (κ2) is 5.41. The Morgan fingerprint density at radius 1 is 1.25 bits per heavy atom. The summed E-state index contributed by atoms with van der Waals surface area (Å²) in [5.74, 6) is 0.341. The van der Waals surface area contributed by atoms with Crippen LogP contribution in [0.2, 0.25) is 0 Å². The zero-order valence-electron chi connectivity index (χ0n) is 11.2. The molecule has 1 heterocycles. The van der Waals surface area contributed by atoms with Crippen LogP contribution in [0.4, 0.5) is 0 Å². The molecule has 0 radical (unpaired) electrons. The number of alkyl halides is 1. The first-order valence-corrected chi connectivity index (χ1v) is 7.50. The number of hydrogen-bond donors (Lipinski definition) is 1. The third-order valence-electron chi connectivity index (χ3n) is 4.08. The van der Waals surface area contributed by atoms with Crippen LogP contribution in [-0.4, -0.2) is 22.3 Å². The van der Waals surface area contributed by atoms with Crippen LogP contribution in [0.15, 0.2) is 36.5 Å².